The van der Waals surface area contributed by atoms with E-state index >= 15 is 0 Å². The number of rotatable bonds is 9. The number of ether oxygens (including phenoxy) is 1. The number of benzene rings is 2. The number of alkyl carbamates (subject to hydrolysis) is 1. The first-order chi connectivity index (χ1) is 46.9. The zero-order valence-corrected chi connectivity index (χ0v) is 54.0. The third-order valence-corrected chi connectivity index (χ3v) is 15.6. The maximum atomic E-state index is 13.1. The van der Waals surface area contributed by atoms with Crippen LogP contribution < -0.4 is 36.4 Å². The first-order valence-corrected chi connectivity index (χ1v) is 31.4. The number of nitrogens with two attached hydrogens (primary N) is 1. The van der Waals surface area contributed by atoms with E-state index in [1.807, 2.05) is 20.8 Å². The minimum absolute atomic E-state index is 0. The van der Waals surface area contributed by atoms with Crippen molar-refractivity contribution in [2.75, 3.05) is 67.1 Å². The molecule has 32 nitrogen and oxygen atoms in total. The van der Waals surface area contributed by atoms with E-state index in [1.165, 1.54) is 98.2 Å². The van der Waals surface area contributed by atoms with E-state index < -0.39 is 11.6 Å². The summed E-state index contributed by atoms with van der Waals surface area (Å²) < 4.78 is 40.6. The highest BCUT2D eigenvalue weighted by atomic mass is 35.5. The first kappa shape index (κ1) is 74.5. The van der Waals surface area contributed by atoms with Gasteiger partial charge >= 0.3 is 12.1 Å². The second-order valence-electron chi connectivity index (χ2n) is 23.7. The molecular weight excluding hydrogens is 1310 g/mol. The van der Waals surface area contributed by atoms with Crippen molar-refractivity contribution in [3.05, 3.63) is 176 Å². The lowest BCUT2D eigenvalue weighted by Crippen LogP contribution is -2.40. The van der Waals surface area contributed by atoms with Crippen LogP contribution in [0.1, 0.15) is 96.6 Å². The van der Waals surface area contributed by atoms with Gasteiger partial charge in [0, 0.05) is 113 Å². The average molecular weight is 1400 g/mol. The lowest BCUT2D eigenvalue weighted by atomic mass is 10.2. The summed E-state index contributed by atoms with van der Waals surface area (Å²) >= 11 is 5.66. The van der Waals surface area contributed by atoms with Gasteiger partial charge in [0.1, 0.15) is 42.5 Å². The fraction of sp³-hybridized carbons (Fsp3) is 0.369. The van der Waals surface area contributed by atoms with E-state index in [9.17, 15) is 23.2 Å². The number of nitrogens with one attached hydrogen (secondary N) is 3. The number of amides is 2. The molecule has 2 aromatic carbocycles. The van der Waals surface area contributed by atoms with Crippen LogP contribution in [0, 0.1) is 17.6 Å². The summed E-state index contributed by atoms with van der Waals surface area (Å²) in [7, 11) is 0. The van der Waals surface area contributed by atoms with E-state index in [-0.39, 0.29) is 69.7 Å². The predicted octanol–water partition coefficient (Wildman–Crippen LogP) is 7.36. The van der Waals surface area contributed by atoms with Gasteiger partial charge in [-0.25, -0.2) is 85.7 Å². The number of aromatic nitrogens is 20. The number of halogens is 3. The summed E-state index contributed by atoms with van der Waals surface area (Å²) in [4.78, 5) is 74.9. The van der Waals surface area contributed by atoms with Crippen molar-refractivity contribution in [2.24, 2.45) is 11.7 Å². The molecule has 0 spiro atoms. The van der Waals surface area contributed by atoms with Gasteiger partial charge in [0.15, 0.2) is 56.6 Å². The number of hydrogen-bond acceptors (Lipinski definition) is 23. The summed E-state index contributed by atoms with van der Waals surface area (Å²) in [5, 5.41) is 42.5. The average Bonchev–Trinajstić information content (AvgIpc) is 1.68. The summed E-state index contributed by atoms with van der Waals surface area (Å²) in [5.41, 5.74) is 9.75. The topological polar surface area (TPSA) is 360 Å². The van der Waals surface area contributed by atoms with Crippen molar-refractivity contribution in [2.45, 2.75) is 99.4 Å². The Morgan fingerprint density at radius 1 is 0.560 bits per heavy atom. The number of carboxylic acid groups (broad SMARTS) is 1. The zero-order valence-electron chi connectivity index (χ0n) is 53.2. The molecule has 12 aromatic rings. The van der Waals surface area contributed by atoms with Gasteiger partial charge in [-0.15, -0.1) is 0 Å². The Balaban J connectivity index is 0.000000160. The fourth-order valence-corrected chi connectivity index (χ4v) is 10.8. The number of fused-ring (bicyclic) bond motifs is 4. The Hall–Kier alpha value is -11.3. The highest BCUT2D eigenvalue weighted by Gasteiger charge is 2.30. The Morgan fingerprint density at radius 2 is 0.980 bits per heavy atom. The Morgan fingerprint density at radius 3 is 1.38 bits per heavy atom. The molecule has 16 rings (SSSR count). The predicted molar refractivity (Wildman–Crippen MR) is 372 cm³/mol. The smallest absolute Gasteiger partial charge is 0.407 e. The summed E-state index contributed by atoms with van der Waals surface area (Å²) in [6.07, 6.45) is 26.5. The quantitative estimate of drug-likeness (QED) is 0.0942. The molecule has 2 amide bonds. The number of anilines is 3. The van der Waals surface area contributed by atoms with Gasteiger partial charge < -0.3 is 46.2 Å². The van der Waals surface area contributed by atoms with Crippen molar-refractivity contribution in [1.29, 1.82) is 0 Å². The molecule has 0 radical (unpaired) electrons. The number of hydrogen-bond donors (Lipinski definition) is 5. The molecule has 4 saturated heterocycles. The van der Waals surface area contributed by atoms with Crippen LogP contribution in [0.2, 0.25) is 5.15 Å². The fourth-order valence-electron chi connectivity index (χ4n) is 10.6. The van der Waals surface area contributed by atoms with Crippen LogP contribution in [0.4, 0.5) is 31.0 Å². The molecule has 528 valence electrons. The first-order valence-electron chi connectivity index (χ1n) is 31.0. The Labute approximate surface area is 579 Å². The Bertz CT molecular complexity index is 4570. The number of carbonyl (C=O) groups is 3. The lowest BCUT2D eigenvalue weighted by molar-refractivity contribution is 0.0508. The molecule has 0 aliphatic carbocycles. The molecule has 4 fully saturated rings. The van der Waals surface area contributed by atoms with E-state index in [0.717, 1.165) is 80.1 Å². The molecule has 14 heterocycles. The van der Waals surface area contributed by atoms with Crippen LogP contribution in [-0.2, 0) is 4.74 Å². The molecule has 0 unspecified atom stereocenters. The van der Waals surface area contributed by atoms with Crippen molar-refractivity contribution >= 4 is 69.6 Å². The van der Waals surface area contributed by atoms with Crippen molar-refractivity contribution < 1.29 is 33.0 Å². The third kappa shape index (κ3) is 19.3. The van der Waals surface area contributed by atoms with Crippen molar-refractivity contribution in [1.82, 2.24) is 114 Å². The van der Waals surface area contributed by atoms with Crippen molar-refractivity contribution in [3.63, 3.8) is 0 Å². The summed E-state index contributed by atoms with van der Waals surface area (Å²) in [6.45, 7) is 15.0. The van der Waals surface area contributed by atoms with E-state index in [0.29, 0.717) is 46.6 Å². The van der Waals surface area contributed by atoms with Crippen LogP contribution >= 0.6 is 11.6 Å². The molecule has 4 aliphatic heterocycles. The highest BCUT2D eigenvalue weighted by Crippen LogP contribution is 2.25. The minimum Gasteiger partial charge on any atom is -0.476 e. The largest absolute Gasteiger partial charge is 0.476 e. The number of nitrogens with zero attached hydrogens (tertiary/aromatic N) is 23. The van der Waals surface area contributed by atoms with Gasteiger partial charge in [-0.3, -0.25) is 4.79 Å². The summed E-state index contributed by atoms with van der Waals surface area (Å²) in [6, 6.07) is 14.8. The zero-order chi connectivity index (χ0) is 68.0. The summed E-state index contributed by atoms with van der Waals surface area (Å²) in [5.74, 6) is 1.36. The standard InChI is InChI=1S/C19H17FN8O.C14H20N6O2.C10H7FN2O2.C9H12N6.C5H3ClN4.C5H11N.3CH4/c20-13-1-3-15(4-2-13)27-9-6-16(25-27)19(29)24-14-5-8-26(11-14)17-18-22-12-23-28(18)10-7-21-17;1-14(2,3)22-13(21)18-10-4-6-19(8-10)11-12-16-9-17-20(12)7-5-15-11;11-7-1-3-8(4-2-7)13-6-5-9(12-13)10(14)15;10-7-1-3-14(5-7)8-9-12-6-13-15(9)4-2-11-8;6-4-5-8-3-9-10(5)2-1-7-4;1-5-2-3-6-4-5;;;/h1-4,6-7,9-10,12,14H,5,8,11H2,(H,24,29);5,7,9-10H,4,6,8H2,1-3H3,(H,18,21);1-6H,(H,14,15);2,4,6-7H,1,3,5,10H2;1-3H;5-6H,2-4H2,1H3;3*1H4/t14-;10-;;7-;;5-;;;/m00.0.0.../s1. The van der Waals surface area contributed by atoms with Crippen LogP contribution in [0.5, 0.6) is 0 Å². The molecule has 0 saturated carbocycles. The maximum Gasteiger partial charge on any atom is 0.407 e. The van der Waals surface area contributed by atoms with Gasteiger partial charge in [-0.05, 0) is 126 Å². The van der Waals surface area contributed by atoms with E-state index in [1.54, 1.807) is 96.7 Å². The molecule has 0 bridgehead atoms. The minimum atomic E-state index is -1.09. The van der Waals surface area contributed by atoms with Crippen LogP contribution in [0.15, 0.2) is 148 Å². The normalized spacial score (nSPS) is 16.7. The van der Waals surface area contributed by atoms with E-state index in [2.05, 4.69) is 108 Å². The van der Waals surface area contributed by atoms with Crippen LogP contribution in [0.3, 0.4) is 0 Å². The molecule has 10 aromatic heterocycles. The molecule has 6 N–H and O–H groups in total. The number of carboxylic acids is 1. The van der Waals surface area contributed by atoms with E-state index in [4.69, 9.17) is 27.2 Å². The maximum absolute atomic E-state index is 13.1. The molecule has 35 heteroatoms. The van der Waals surface area contributed by atoms with Crippen molar-refractivity contribution in [3.8, 4) is 11.4 Å². The van der Waals surface area contributed by atoms with Crippen LogP contribution in [0.25, 0.3) is 34.0 Å². The molecule has 4 aliphatic rings. The van der Waals surface area contributed by atoms with Crippen LogP contribution in [-0.4, -0.2) is 197 Å². The lowest BCUT2D eigenvalue weighted by Gasteiger charge is -2.22. The van der Waals surface area contributed by atoms with Gasteiger partial charge in [0.2, 0.25) is 0 Å². The molecular formula is C65H82ClF2N27O5. The second-order valence-corrected chi connectivity index (χ2v) is 24.1. The molecule has 4 atom stereocenters. The van der Waals surface area contributed by atoms with Gasteiger partial charge in [0.05, 0.1) is 17.4 Å². The SMILES string of the molecule is C.C.C.CC(C)(C)OC(=O)N[C@H]1CCN(c2nccn3ncnc23)C1.C[C@H]1CCNC1.Clc1nccn2ncnc12.N[C@H]1CCN(c2nccn3ncnc23)C1.O=C(N[C@H]1CCN(c2nccn3ncnc23)C1)c1ccn(-c2ccc(F)cc2)n1.O=C(O)c1ccn(-c2ccc(F)cc2)n1. The van der Waals surface area contributed by atoms with Gasteiger partial charge in [0.25, 0.3) is 5.91 Å². The highest BCUT2D eigenvalue weighted by molar-refractivity contribution is 6.32. The van der Waals surface area contributed by atoms with Gasteiger partial charge in [-0.1, -0.05) is 40.8 Å². The molecule has 100 heavy (non-hydrogen) atoms. The van der Waals surface area contributed by atoms with Gasteiger partial charge in [-0.2, -0.15) is 30.6 Å². The second kappa shape index (κ2) is 34.3. The number of carbonyl (C=O) groups excluding carboxylic acids is 2. The number of aromatic carboxylic acids is 1. The third-order valence-electron chi connectivity index (χ3n) is 15.4. The monoisotopic (exact) mass is 1390 g/mol. The Kier molecular flexibility index (Phi) is 25.6.